The molecule has 13 rings (SSSR count). The Morgan fingerprint density at radius 1 is 0.337 bits per heavy atom. The third-order valence-electron chi connectivity index (χ3n) is 19.9. The van der Waals surface area contributed by atoms with E-state index in [1.165, 1.54) is 55.9 Å². The summed E-state index contributed by atoms with van der Waals surface area (Å²) in [4.78, 5) is 59.1. The first-order chi connectivity index (χ1) is 49.0. The molecule has 5 aromatic carbocycles. The molecule has 4 saturated heterocycles. The van der Waals surface area contributed by atoms with E-state index in [-0.39, 0.29) is 65.1 Å². The van der Waals surface area contributed by atoms with Gasteiger partial charge in [0.15, 0.2) is 23.0 Å². The molecule has 1 atom stereocenters. The number of halogens is 1. The number of aromatic hydroxyl groups is 4. The zero-order valence-corrected chi connectivity index (χ0v) is 58.7. The molecule has 0 spiro atoms. The summed E-state index contributed by atoms with van der Waals surface area (Å²) >= 11 is 6.14. The first kappa shape index (κ1) is 74.8. The molecule has 0 aliphatic carbocycles. The molecule has 4 aromatic heterocycles. The van der Waals surface area contributed by atoms with E-state index >= 15 is 0 Å². The number of pyridine rings is 4. The summed E-state index contributed by atoms with van der Waals surface area (Å²) in [7, 11) is 0. The van der Waals surface area contributed by atoms with Crippen molar-refractivity contribution in [3.05, 3.63) is 290 Å². The summed E-state index contributed by atoms with van der Waals surface area (Å²) in [5.74, 6) is 0.703. The molecule has 0 radical (unpaired) electrons. The number of nitrogens with zero attached hydrogens (tertiary/aromatic N) is 8. The lowest BCUT2D eigenvalue weighted by atomic mass is 9.90. The van der Waals surface area contributed by atoms with Gasteiger partial charge in [-0.15, -0.1) is 0 Å². The number of rotatable bonds is 21. The maximum atomic E-state index is 12.7. The predicted molar refractivity (Wildman–Crippen MR) is 395 cm³/mol. The van der Waals surface area contributed by atoms with Gasteiger partial charge < -0.3 is 54.0 Å². The molecule has 19 nitrogen and oxygen atoms in total. The first-order valence-corrected chi connectivity index (χ1v) is 35.8. The van der Waals surface area contributed by atoms with Crippen molar-refractivity contribution in [3.8, 4) is 23.0 Å². The second kappa shape index (κ2) is 37.2. The molecule has 8 heterocycles. The summed E-state index contributed by atoms with van der Waals surface area (Å²) in [6.07, 6.45) is 17.5. The maximum Gasteiger partial charge on any atom is 0.293 e. The van der Waals surface area contributed by atoms with Crippen molar-refractivity contribution in [2.75, 3.05) is 52.4 Å². The normalized spacial score (nSPS) is 16.0. The Hall–Kier alpha value is -8.89. The van der Waals surface area contributed by atoms with Gasteiger partial charge in [0.1, 0.15) is 0 Å². The maximum absolute atomic E-state index is 12.7. The third kappa shape index (κ3) is 20.7. The van der Waals surface area contributed by atoms with Crippen molar-refractivity contribution in [3.63, 3.8) is 0 Å². The number of piperidine rings is 2. The average Bonchev–Trinajstić information content (AvgIpc) is 1.69. The second-order valence-corrected chi connectivity index (χ2v) is 27.6. The fourth-order valence-corrected chi connectivity index (χ4v) is 14.1. The van der Waals surface area contributed by atoms with Crippen molar-refractivity contribution in [2.45, 2.75) is 137 Å². The van der Waals surface area contributed by atoms with E-state index in [4.69, 9.17) is 11.6 Å². The van der Waals surface area contributed by atoms with E-state index in [1.807, 2.05) is 115 Å². The minimum absolute atomic E-state index is 0.0655. The Morgan fingerprint density at radius 2 is 0.644 bits per heavy atom. The van der Waals surface area contributed by atoms with Crippen LogP contribution in [0.25, 0.3) is 0 Å². The molecule has 101 heavy (non-hydrogen) atoms. The highest BCUT2D eigenvalue weighted by molar-refractivity contribution is 6.31. The fraction of sp³-hybridized carbons (Fsp3) is 0.383. The highest BCUT2D eigenvalue weighted by Gasteiger charge is 2.24. The standard InChI is InChI=1S/C26H30N2O3.C19H24N2O3.C18H21ClN2O2.C18H22N2O3/c29-19-24-9-5-4-8-22(24)18-28-15-12-23(25(30)26(28)31)17-27-13-10-21(11-14-27)16-20-6-2-1-3-7-20;1-14-6-8-20(10-14)11-16-7-9-21(19(24)18(16)23)12-15-4-2-3-5-17(15)13-22;19-16-7-3-2-6-14(16)13-21-11-8-15(17(22)18(21)23)12-20-9-4-1-5-10-20;21-13-16-6-2-1-5-14(16)12-20-10-7-15(17(22)18(20)23)11-19-8-3-4-9-19/h1-9,12,15,21,29-30H,10-11,13-14,16-19H2;2-5,7,9,14,22-23H,6,8,10-13H2,1H3;2-3,6-8,11,22H,1,4-5,9-10,12-13H2;1-2,5-7,10,21-22H,3-4,8-9,11-13H2. The van der Waals surface area contributed by atoms with E-state index in [0.29, 0.717) is 91.5 Å². The van der Waals surface area contributed by atoms with Crippen LogP contribution in [0.3, 0.4) is 0 Å². The van der Waals surface area contributed by atoms with Crippen LogP contribution in [0.4, 0.5) is 0 Å². The van der Waals surface area contributed by atoms with Gasteiger partial charge in [-0.05, 0) is 184 Å². The Kier molecular flexibility index (Phi) is 27.5. The molecule has 0 amide bonds. The van der Waals surface area contributed by atoms with Crippen molar-refractivity contribution < 1.29 is 35.7 Å². The summed E-state index contributed by atoms with van der Waals surface area (Å²) in [5, 5.41) is 70.3. The molecule has 0 saturated carbocycles. The Labute approximate surface area is 595 Å². The molecule has 20 heteroatoms. The van der Waals surface area contributed by atoms with Crippen LogP contribution in [-0.4, -0.2) is 126 Å². The second-order valence-electron chi connectivity index (χ2n) is 27.2. The summed E-state index contributed by atoms with van der Waals surface area (Å²) in [6, 6.07) is 47.7. The lowest BCUT2D eigenvalue weighted by Crippen LogP contribution is -2.34. The molecule has 4 aliphatic heterocycles. The minimum atomic E-state index is -0.385. The number of benzene rings is 5. The van der Waals surface area contributed by atoms with E-state index in [1.54, 1.807) is 30.9 Å². The molecule has 4 aliphatic rings. The molecule has 9 aromatic rings. The van der Waals surface area contributed by atoms with Gasteiger partial charge >= 0.3 is 0 Å². The van der Waals surface area contributed by atoms with Crippen LogP contribution in [0.2, 0.25) is 5.02 Å². The molecular weight excluding hydrogens is 1300 g/mol. The number of aliphatic hydroxyl groups excluding tert-OH is 3. The van der Waals surface area contributed by atoms with Crippen LogP contribution in [0.1, 0.15) is 125 Å². The Morgan fingerprint density at radius 3 is 1.00 bits per heavy atom. The number of aromatic nitrogens is 4. The number of hydrogen-bond donors (Lipinski definition) is 7. The van der Waals surface area contributed by atoms with Crippen molar-refractivity contribution in [1.82, 2.24) is 37.9 Å². The molecule has 7 N–H and O–H groups in total. The highest BCUT2D eigenvalue weighted by atomic mass is 35.5. The van der Waals surface area contributed by atoms with Crippen molar-refractivity contribution >= 4 is 11.6 Å². The Bertz CT molecular complexity index is 4400. The van der Waals surface area contributed by atoms with Crippen LogP contribution >= 0.6 is 11.6 Å². The summed E-state index contributed by atoms with van der Waals surface area (Å²) in [6.45, 7) is 13.9. The molecule has 0 bridgehead atoms. The zero-order valence-electron chi connectivity index (χ0n) is 57.9. The molecule has 4 fully saturated rings. The topological polar surface area (TPSA) is 243 Å². The quantitative estimate of drug-likeness (QED) is 0.0354. The van der Waals surface area contributed by atoms with Gasteiger partial charge in [0, 0.05) is 84.8 Å². The monoisotopic (exact) mass is 1390 g/mol. The van der Waals surface area contributed by atoms with Crippen molar-refractivity contribution in [2.24, 2.45) is 11.8 Å². The summed E-state index contributed by atoms with van der Waals surface area (Å²) < 4.78 is 5.97. The third-order valence-corrected chi connectivity index (χ3v) is 20.3. The van der Waals surface area contributed by atoms with Gasteiger partial charge in [0.2, 0.25) is 0 Å². The van der Waals surface area contributed by atoms with Crippen LogP contribution in [0.5, 0.6) is 23.0 Å². The van der Waals surface area contributed by atoms with Crippen LogP contribution in [-0.2, 0) is 78.6 Å². The summed E-state index contributed by atoms with van der Waals surface area (Å²) in [5.41, 5.74) is 8.49. The lowest BCUT2D eigenvalue weighted by molar-refractivity contribution is 0.175. The fourth-order valence-electron chi connectivity index (χ4n) is 13.9. The molecular formula is C81H97ClN8O11. The Balaban J connectivity index is 0.000000146. The van der Waals surface area contributed by atoms with E-state index in [2.05, 4.69) is 56.9 Å². The predicted octanol–water partition coefficient (Wildman–Crippen LogP) is 10.4. The SMILES string of the molecule is CC1CCN(Cc2ccn(Cc3ccccc3CO)c(=O)c2O)C1.O=c1c(O)c(CN2CCC(Cc3ccccc3)CC2)ccn1Cc1ccccc1CO.O=c1c(O)c(CN2CCCC2)ccn1Cc1ccccc1CO.O=c1c(O)c(CN2CCCCC2)ccn1Cc1ccccc1Cl. The van der Waals surface area contributed by atoms with E-state index in [9.17, 15) is 54.9 Å². The van der Waals surface area contributed by atoms with Crippen LogP contribution < -0.4 is 22.2 Å². The van der Waals surface area contributed by atoms with E-state index < -0.39 is 0 Å². The minimum Gasteiger partial charge on any atom is -0.503 e. The van der Waals surface area contributed by atoms with E-state index in [0.717, 1.165) is 117 Å². The van der Waals surface area contributed by atoms with Gasteiger partial charge in [-0.3, -0.25) is 38.8 Å². The average molecular weight is 1390 g/mol. The van der Waals surface area contributed by atoms with Gasteiger partial charge in [0.05, 0.1) is 46.0 Å². The van der Waals surface area contributed by atoms with Crippen molar-refractivity contribution in [1.29, 1.82) is 0 Å². The zero-order chi connectivity index (χ0) is 71.2. The number of likely N-dealkylation sites (tertiary alicyclic amines) is 4. The van der Waals surface area contributed by atoms with Crippen LogP contribution in [0, 0.1) is 11.8 Å². The molecule has 534 valence electrons. The highest BCUT2D eigenvalue weighted by Crippen LogP contribution is 2.27. The first-order valence-electron chi connectivity index (χ1n) is 35.4. The van der Waals surface area contributed by atoms with Gasteiger partial charge in [0.25, 0.3) is 22.2 Å². The molecule has 1 unspecified atom stereocenters. The van der Waals surface area contributed by atoms with Gasteiger partial charge in [-0.25, -0.2) is 0 Å². The number of hydrogen-bond acceptors (Lipinski definition) is 15. The largest absolute Gasteiger partial charge is 0.503 e. The number of aliphatic hydroxyl groups is 3. The smallest absolute Gasteiger partial charge is 0.293 e. The van der Waals surface area contributed by atoms with Gasteiger partial charge in [-0.1, -0.05) is 146 Å². The lowest BCUT2D eigenvalue weighted by Gasteiger charge is -2.32. The van der Waals surface area contributed by atoms with Crippen LogP contribution in [0.15, 0.2) is 196 Å². The van der Waals surface area contributed by atoms with Gasteiger partial charge in [-0.2, -0.15) is 0 Å².